The molecule has 1 aromatic carbocycles. The summed E-state index contributed by atoms with van der Waals surface area (Å²) in [6.45, 7) is 2.46. The number of hydrogen-bond acceptors (Lipinski definition) is 3. The molecule has 0 bridgehead atoms. The number of hydrogen-bond donors (Lipinski definition) is 1. The van der Waals surface area contributed by atoms with E-state index < -0.39 is 14.8 Å². The van der Waals surface area contributed by atoms with Crippen molar-refractivity contribution >= 4 is 10.0 Å². The standard InChI is InChI=1S/C15H23FN2O2S/c1-12(15(9-10-15)21(19,20)18(2)3)17-11-8-13-6-4-5-7-14(13)16/h4-7,12,17H,8-11H2,1-3H3. The van der Waals surface area contributed by atoms with Crippen molar-refractivity contribution in [3.63, 3.8) is 0 Å². The molecule has 0 aliphatic heterocycles. The van der Waals surface area contributed by atoms with Crippen LogP contribution in [-0.2, 0) is 16.4 Å². The van der Waals surface area contributed by atoms with Gasteiger partial charge in [0.15, 0.2) is 0 Å². The fourth-order valence-electron chi connectivity index (χ4n) is 2.71. The van der Waals surface area contributed by atoms with E-state index in [1.165, 1.54) is 10.4 Å². The highest BCUT2D eigenvalue weighted by molar-refractivity contribution is 7.90. The molecule has 1 aromatic rings. The van der Waals surface area contributed by atoms with Crippen molar-refractivity contribution in [1.29, 1.82) is 0 Å². The van der Waals surface area contributed by atoms with Gasteiger partial charge >= 0.3 is 0 Å². The second-order valence-corrected chi connectivity index (χ2v) is 8.36. The fraction of sp³-hybridized carbons (Fsp3) is 0.600. The number of nitrogens with one attached hydrogen (secondary N) is 1. The van der Waals surface area contributed by atoms with Gasteiger partial charge in [0.05, 0.1) is 0 Å². The average Bonchev–Trinajstić information content (AvgIpc) is 3.22. The predicted molar refractivity (Wildman–Crippen MR) is 82.1 cm³/mol. The molecule has 0 radical (unpaired) electrons. The molecule has 1 fully saturated rings. The van der Waals surface area contributed by atoms with Crippen LogP contribution in [0.5, 0.6) is 0 Å². The van der Waals surface area contributed by atoms with E-state index >= 15 is 0 Å². The molecule has 0 saturated heterocycles. The number of benzene rings is 1. The number of rotatable bonds is 7. The van der Waals surface area contributed by atoms with E-state index in [-0.39, 0.29) is 11.9 Å². The molecule has 1 unspecified atom stereocenters. The normalized spacial score (nSPS) is 18.7. The lowest BCUT2D eigenvalue weighted by Crippen LogP contribution is -2.49. The summed E-state index contributed by atoms with van der Waals surface area (Å²) in [7, 11) is -0.129. The van der Waals surface area contributed by atoms with Crippen LogP contribution in [0.2, 0.25) is 0 Å². The predicted octanol–water partition coefficient (Wildman–Crippen LogP) is 1.77. The van der Waals surface area contributed by atoms with Crippen LogP contribution >= 0.6 is 0 Å². The molecule has 1 aliphatic carbocycles. The lowest BCUT2D eigenvalue weighted by atomic mass is 10.1. The lowest BCUT2D eigenvalue weighted by molar-refractivity contribution is 0.452. The molecule has 118 valence electrons. The monoisotopic (exact) mass is 314 g/mol. The smallest absolute Gasteiger partial charge is 0.220 e. The van der Waals surface area contributed by atoms with E-state index in [0.717, 1.165) is 0 Å². The first-order chi connectivity index (χ1) is 9.81. The Morgan fingerprint density at radius 2 is 1.95 bits per heavy atom. The van der Waals surface area contributed by atoms with Gasteiger partial charge in [0.25, 0.3) is 0 Å². The van der Waals surface area contributed by atoms with Crippen molar-refractivity contribution in [3.8, 4) is 0 Å². The molecule has 21 heavy (non-hydrogen) atoms. The molecule has 6 heteroatoms. The summed E-state index contributed by atoms with van der Waals surface area (Å²) in [4.78, 5) is 0. The van der Waals surface area contributed by atoms with E-state index in [9.17, 15) is 12.8 Å². The van der Waals surface area contributed by atoms with Crippen LogP contribution in [0.4, 0.5) is 4.39 Å². The molecule has 0 amide bonds. The van der Waals surface area contributed by atoms with Crippen LogP contribution in [0, 0.1) is 5.82 Å². The van der Waals surface area contributed by atoms with Gasteiger partial charge in [-0.3, -0.25) is 0 Å². The highest BCUT2D eigenvalue weighted by Gasteiger charge is 2.58. The molecule has 2 rings (SSSR count). The Kier molecular flexibility index (Phi) is 4.70. The van der Waals surface area contributed by atoms with Gasteiger partial charge in [0, 0.05) is 20.1 Å². The third kappa shape index (κ3) is 3.12. The summed E-state index contributed by atoms with van der Waals surface area (Å²) in [5.41, 5.74) is 0.650. The first kappa shape index (κ1) is 16.4. The topological polar surface area (TPSA) is 49.4 Å². The first-order valence-corrected chi connectivity index (χ1v) is 8.64. The van der Waals surface area contributed by atoms with Gasteiger partial charge in [-0.1, -0.05) is 18.2 Å². The van der Waals surface area contributed by atoms with Gasteiger partial charge in [0.2, 0.25) is 10.0 Å². The SMILES string of the molecule is CC(NCCc1ccccc1F)C1(S(=O)(=O)N(C)C)CC1. The lowest BCUT2D eigenvalue weighted by Gasteiger charge is -2.27. The largest absolute Gasteiger partial charge is 0.312 e. The molecular weight excluding hydrogens is 291 g/mol. The summed E-state index contributed by atoms with van der Waals surface area (Å²) in [5.74, 6) is -0.214. The minimum absolute atomic E-state index is 0.142. The zero-order valence-electron chi connectivity index (χ0n) is 12.8. The van der Waals surface area contributed by atoms with Crippen molar-refractivity contribution in [1.82, 2.24) is 9.62 Å². The summed E-state index contributed by atoms with van der Waals surface area (Å²) in [5, 5.41) is 3.25. The van der Waals surface area contributed by atoms with Crippen LogP contribution in [0.25, 0.3) is 0 Å². The zero-order valence-corrected chi connectivity index (χ0v) is 13.6. The summed E-state index contributed by atoms with van der Waals surface area (Å²) < 4.78 is 38.9. The Hall–Kier alpha value is -0.980. The third-order valence-electron chi connectivity index (χ3n) is 4.33. The van der Waals surface area contributed by atoms with Gasteiger partial charge in [-0.2, -0.15) is 0 Å². The van der Waals surface area contributed by atoms with Crippen molar-refractivity contribution in [2.24, 2.45) is 0 Å². The number of sulfonamides is 1. The van der Waals surface area contributed by atoms with Crippen molar-refractivity contribution in [3.05, 3.63) is 35.6 Å². The minimum atomic E-state index is -3.27. The number of nitrogens with zero attached hydrogens (tertiary/aromatic N) is 1. The van der Waals surface area contributed by atoms with Gasteiger partial charge in [-0.15, -0.1) is 0 Å². The maximum atomic E-state index is 13.5. The molecule has 1 saturated carbocycles. The van der Waals surface area contributed by atoms with Crippen LogP contribution in [0.15, 0.2) is 24.3 Å². The Morgan fingerprint density at radius 3 is 2.48 bits per heavy atom. The van der Waals surface area contributed by atoms with E-state index in [1.807, 2.05) is 6.92 Å². The minimum Gasteiger partial charge on any atom is -0.312 e. The quantitative estimate of drug-likeness (QED) is 0.834. The van der Waals surface area contributed by atoms with Crippen molar-refractivity contribution in [2.75, 3.05) is 20.6 Å². The van der Waals surface area contributed by atoms with E-state index in [0.29, 0.717) is 31.4 Å². The Morgan fingerprint density at radius 1 is 1.33 bits per heavy atom. The molecule has 1 N–H and O–H groups in total. The number of halogens is 1. The highest BCUT2D eigenvalue weighted by atomic mass is 32.2. The van der Waals surface area contributed by atoms with E-state index in [1.54, 1.807) is 32.3 Å². The molecule has 1 aliphatic rings. The maximum absolute atomic E-state index is 13.5. The molecule has 0 spiro atoms. The third-order valence-corrected chi connectivity index (χ3v) is 7.08. The van der Waals surface area contributed by atoms with E-state index in [4.69, 9.17) is 0 Å². The second-order valence-electron chi connectivity index (χ2n) is 5.87. The average molecular weight is 314 g/mol. The summed E-state index contributed by atoms with van der Waals surface area (Å²) >= 11 is 0. The van der Waals surface area contributed by atoms with Gasteiger partial charge in [-0.25, -0.2) is 17.1 Å². The van der Waals surface area contributed by atoms with Gasteiger partial charge < -0.3 is 5.32 Å². The second kappa shape index (κ2) is 6.02. The fourth-order valence-corrected chi connectivity index (χ4v) is 4.59. The van der Waals surface area contributed by atoms with E-state index in [2.05, 4.69) is 5.32 Å². The van der Waals surface area contributed by atoms with Gasteiger partial charge in [0.1, 0.15) is 10.6 Å². The molecule has 4 nitrogen and oxygen atoms in total. The maximum Gasteiger partial charge on any atom is 0.220 e. The van der Waals surface area contributed by atoms with Crippen LogP contribution in [-0.4, -0.2) is 44.2 Å². The summed E-state index contributed by atoms with van der Waals surface area (Å²) in [6, 6.07) is 6.53. The molecule has 0 heterocycles. The Balaban J connectivity index is 1.94. The van der Waals surface area contributed by atoms with Crippen LogP contribution in [0.3, 0.4) is 0 Å². The highest BCUT2D eigenvalue weighted by Crippen LogP contribution is 2.47. The molecular formula is C15H23FN2O2S. The van der Waals surface area contributed by atoms with Crippen molar-refractivity contribution in [2.45, 2.75) is 37.0 Å². The Bertz CT molecular complexity index is 597. The van der Waals surface area contributed by atoms with Crippen LogP contribution < -0.4 is 5.32 Å². The van der Waals surface area contributed by atoms with Crippen LogP contribution in [0.1, 0.15) is 25.3 Å². The molecule has 1 atom stereocenters. The van der Waals surface area contributed by atoms with Crippen molar-refractivity contribution < 1.29 is 12.8 Å². The van der Waals surface area contributed by atoms with Gasteiger partial charge in [-0.05, 0) is 44.4 Å². The summed E-state index contributed by atoms with van der Waals surface area (Å²) in [6.07, 6.45) is 1.91. The zero-order chi connectivity index (χ0) is 15.7. The molecule has 0 aromatic heterocycles. The first-order valence-electron chi connectivity index (χ1n) is 7.20. The Labute approximate surface area is 126 Å².